The first-order valence-electron chi connectivity index (χ1n) is 5.82. The number of ether oxygens (including phenoxy) is 2. The molecule has 1 rings (SSSR count). The van der Waals surface area contributed by atoms with Gasteiger partial charge in [0.2, 0.25) is 0 Å². The summed E-state index contributed by atoms with van der Waals surface area (Å²) in [5.41, 5.74) is 1.18. The lowest BCUT2D eigenvalue weighted by Crippen LogP contribution is -2.23. The van der Waals surface area contributed by atoms with Gasteiger partial charge in [0.1, 0.15) is 5.75 Å². The van der Waals surface area contributed by atoms with Crippen LogP contribution in [0.25, 0.3) is 0 Å². The number of alkyl halides is 1. The molecule has 0 unspecified atom stereocenters. The minimum Gasteiger partial charge on any atom is -0.496 e. The van der Waals surface area contributed by atoms with Crippen molar-refractivity contribution in [2.24, 2.45) is 0 Å². The van der Waals surface area contributed by atoms with Crippen LogP contribution in [-0.2, 0) is 11.3 Å². The summed E-state index contributed by atoms with van der Waals surface area (Å²) in [5, 5.41) is 0.885. The quantitative estimate of drug-likeness (QED) is 0.510. The molecule has 1 aromatic rings. The molecule has 5 heteroatoms. The van der Waals surface area contributed by atoms with Crippen LogP contribution < -0.4 is 4.74 Å². The van der Waals surface area contributed by atoms with E-state index in [1.54, 1.807) is 7.11 Å². The molecule has 0 radical (unpaired) electrons. The van der Waals surface area contributed by atoms with Crippen LogP contribution in [0.2, 0.25) is 0 Å². The molecule has 0 bridgehead atoms. The van der Waals surface area contributed by atoms with Crippen molar-refractivity contribution in [1.82, 2.24) is 4.90 Å². The number of halogens is 2. The van der Waals surface area contributed by atoms with E-state index < -0.39 is 0 Å². The van der Waals surface area contributed by atoms with Gasteiger partial charge in [0.15, 0.2) is 0 Å². The predicted molar refractivity (Wildman–Crippen MR) is 81.6 cm³/mol. The maximum absolute atomic E-state index is 5.44. The molecule has 3 nitrogen and oxygen atoms in total. The van der Waals surface area contributed by atoms with E-state index in [9.17, 15) is 0 Å². The fraction of sp³-hybridized carbons (Fsp3) is 0.538. The molecule has 0 aliphatic rings. The molecule has 0 heterocycles. The molecular weight excluding hydrogens is 362 g/mol. The second-order valence-electron chi connectivity index (χ2n) is 4.00. The zero-order valence-electron chi connectivity index (χ0n) is 10.8. The molecule has 102 valence electrons. The van der Waals surface area contributed by atoms with Crippen LogP contribution in [0.3, 0.4) is 0 Å². The first-order chi connectivity index (χ1) is 8.67. The molecule has 0 saturated heterocycles. The number of hydrogen-bond donors (Lipinski definition) is 0. The molecule has 0 fully saturated rings. The molecule has 0 atom stereocenters. The highest BCUT2D eigenvalue weighted by atomic mass is 79.9. The summed E-state index contributed by atoms with van der Waals surface area (Å²) in [6.45, 7) is 3.26. The maximum Gasteiger partial charge on any atom is 0.123 e. The van der Waals surface area contributed by atoms with Crippen LogP contribution >= 0.6 is 31.9 Å². The van der Waals surface area contributed by atoms with Crippen LogP contribution in [0.1, 0.15) is 5.56 Å². The van der Waals surface area contributed by atoms with Crippen LogP contribution in [-0.4, -0.2) is 44.1 Å². The van der Waals surface area contributed by atoms with Gasteiger partial charge in [-0.05, 0) is 25.2 Å². The van der Waals surface area contributed by atoms with Gasteiger partial charge in [-0.25, -0.2) is 0 Å². The van der Waals surface area contributed by atoms with Gasteiger partial charge in [-0.3, -0.25) is 4.90 Å². The smallest absolute Gasteiger partial charge is 0.123 e. The molecule has 0 saturated carbocycles. The molecule has 1 aromatic carbocycles. The Kier molecular flexibility index (Phi) is 7.90. The maximum atomic E-state index is 5.44. The Labute approximate surface area is 126 Å². The van der Waals surface area contributed by atoms with Gasteiger partial charge < -0.3 is 9.47 Å². The Morgan fingerprint density at radius 3 is 2.72 bits per heavy atom. The van der Waals surface area contributed by atoms with E-state index in [1.165, 1.54) is 5.56 Å². The van der Waals surface area contributed by atoms with Gasteiger partial charge in [0.25, 0.3) is 0 Å². The van der Waals surface area contributed by atoms with Crippen LogP contribution in [0.4, 0.5) is 0 Å². The number of methoxy groups -OCH3 is 1. The summed E-state index contributed by atoms with van der Waals surface area (Å²) in [6.07, 6.45) is 0. The Morgan fingerprint density at radius 2 is 2.06 bits per heavy atom. The highest BCUT2D eigenvalue weighted by molar-refractivity contribution is 9.10. The second kappa shape index (κ2) is 8.91. The molecule has 0 aliphatic carbocycles. The van der Waals surface area contributed by atoms with Crippen LogP contribution in [0.5, 0.6) is 5.75 Å². The van der Waals surface area contributed by atoms with Crippen molar-refractivity contribution in [2.45, 2.75) is 6.54 Å². The number of hydrogen-bond acceptors (Lipinski definition) is 3. The van der Waals surface area contributed by atoms with Crippen molar-refractivity contribution in [3.8, 4) is 5.75 Å². The summed E-state index contributed by atoms with van der Waals surface area (Å²) >= 11 is 6.82. The first kappa shape index (κ1) is 16.0. The molecule has 0 aromatic heterocycles. The molecule has 18 heavy (non-hydrogen) atoms. The van der Waals surface area contributed by atoms with Gasteiger partial charge >= 0.3 is 0 Å². The second-order valence-corrected chi connectivity index (χ2v) is 5.70. The standard InChI is InChI=1S/C13H19Br2NO2/c1-16(6-8-18-7-5-14)10-11-9-12(15)3-4-13(11)17-2/h3-4,9H,5-8,10H2,1-2H3. The Balaban J connectivity index is 2.47. The topological polar surface area (TPSA) is 21.7 Å². The van der Waals surface area contributed by atoms with Crippen molar-refractivity contribution in [2.75, 3.05) is 39.2 Å². The van der Waals surface area contributed by atoms with Crippen LogP contribution in [0.15, 0.2) is 22.7 Å². The lowest BCUT2D eigenvalue weighted by atomic mass is 10.2. The largest absolute Gasteiger partial charge is 0.496 e. The molecular formula is C13H19Br2NO2. The lowest BCUT2D eigenvalue weighted by molar-refractivity contribution is 0.122. The highest BCUT2D eigenvalue weighted by Gasteiger charge is 2.07. The van der Waals surface area contributed by atoms with Crippen molar-refractivity contribution in [3.05, 3.63) is 28.2 Å². The fourth-order valence-electron chi connectivity index (χ4n) is 1.62. The third-order valence-corrected chi connectivity index (χ3v) is 3.34. The molecule has 0 aliphatic heterocycles. The SMILES string of the molecule is COc1ccc(Br)cc1CN(C)CCOCCBr. The van der Waals surface area contributed by atoms with Crippen molar-refractivity contribution in [3.63, 3.8) is 0 Å². The minimum absolute atomic E-state index is 0.748. The molecule has 0 amide bonds. The van der Waals surface area contributed by atoms with Crippen LogP contribution in [0, 0.1) is 0 Å². The Morgan fingerprint density at radius 1 is 1.28 bits per heavy atom. The summed E-state index contributed by atoms with van der Waals surface area (Å²) < 4.78 is 11.9. The Hall–Kier alpha value is -0.100. The monoisotopic (exact) mass is 379 g/mol. The Bertz CT molecular complexity index is 361. The first-order valence-corrected chi connectivity index (χ1v) is 7.73. The van der Waals surface area contributed by atoms with E-state index in [0.29, 0.717) is 0 Å². The highest BCUT2D eigenvalue weighted by Crippen LogP contribution is 2.23. The summed E-state index contributed by atoms with van der Waals surface area (Å²) in [6, 6.07) is 6.06. The number of likely N-dealkylation sites (N-methyl/N-ethyl adjacent to an activating group) is 1. The van der Waals surface area contributed by atoms with E-state index in [0.717, 1.165) is 41.9 Å². The molecule has 0 spiro atoms. The van der Waals surface area contributed by atoms with E-state index in [4.69, 9.17) is 9.47 Å². The zero-order valence-corrected chi connectivity index (χ0v) is 14.0. The van der Waals surface area contributed by atoms with Gasteiger partial charge in [-0.2, -0.15) is 0 Å². The average Bonchev–Trinajstić information content (AvgIpc) is 2.35. The number of nitrogens with zero attached hydrogens (tertiary/aromatic N) is 1. The third-order valence-electron chi connectivity index (χ3n) is 2.52. The van der Waals surface area contributed by atoms with Crippen molar-refractivity contribution in [1.29, 1.82) is 0 Å². The summed E-state index contributed by atoms with van der Waals surface area (Å²) in [7, 11) is 3.78. The summed E-state index contributed by atoms with van der Waals surface area (Å²) in [4.78, 5) is 2.22. The third kappa shape index (κ3) is 5.69. The zero-order chi connectivity index (χ0) is 13.4. The van der Waals surface area contributed by atoms with Gasteiger partial charge in [-0.1, -0.05) is 31.9 Å². The van der Waals surface area contributed by atoms with Crippen molar-refractivity contribution < 1.29 is 9.47 Å². The van der Waals surface area contributed by atoms with E-state index >= 15 is 0 Å². The average molecular weight is 381 g/mol. The number of benzene rings is 1. The van der Waals surface area contributed by atoms with Gasteiger partial charge in [0.05, 0.1) is 20.3 Å². The number of rotatable bonds is 8. The minimum atomic E-state index is 0.748. The van der Waals surface area contributed by atoms with E-state index in [1.807, 2.05) is 12.1 Å². The normalized spacial score (nSPS) is 10.9. The van der Waals surface area contributed by atoms with Gasteiger partial charge in [0, 0.05) is 28.5 Å². The summed E-state index contributed by atoms with van der Waals surface area (Å²) in [5.74, 6) is 0.923. The lowest BCUT2D eigenvalue weighted by Gasteiger charge is -2.18. The molecule has 0 N–H and O–H groups in total. The fourth-order valence-corrected chi connectivity index (χ4v) is 2.25. The predicted octanol–water partition coefficient (Wildman–Crippen LogP) is 3.30. The van der Waals surface area contributed by atoms with E-state index in [2.05, 4.69) is 49.9 Å². The van der Waals surface area contributed by atoms with Crippen molar-refractivity contribution >= 4 is 31.9 Å². The van der Waals surface area contributed by atoms with E-state index in [-0.39, 0.29) is 0 Å². The van der Waals surface area contributed by atoms with Gasteiger partial charge in [-0.15, -0.1) is 0 Å².